The standard InChI is InChI=1S/C26H21N3O4S/c1-16-28-23(15-34-16)18-6-4-17(5-7-18)10-11-27-24(30)19-8-9-21-22(13-19)26(32)29(25(21)31)14-20-3-2-12-33-20/h2-9,12-13,15H,10-11,14H2,1H3,(H,27,30). The lowest BCUT2D eigenvalue weighted by molar-refractivity contribution is 0.0631. The van der Waals surface area contributed by atoms with Gasteiger partial charge in [0.15, 0.2) is 0 Å². The lowest BCUT2D eigenvalue weighted by Gasteiger charge is -2.11. The molecule has 0 fully saturated rings. The Morgan fingerprint density at radius 3 is 2.56 bits per heavy atom. The molecular weight excluding hydrogens is 450 g/mol. The number of aryl methyl sites for hydroxylation is 1. The fourth-order valence-electron chi connectivity index (χ4n) is 3.89. The molecule has 1 N–H and O–H groups in total. The Labute approximate surface area is 200 Å². The normalized spacial score (nSPS) is 12.8. The summed E-state index contributed by atoms with van der Waals surface area (Å²) >= 11 is 1.62. The smallest absolute Gasteiger partial charge is 0.261 e. The third-order valence-corrected chi connectivity index (χ3v) is 6.47. The van der Waals surface area contributed by atoms with E-state index in [2.05, 4.69) is 10.3 Å². The third kappa shape index (κ3) is 4.27. The van der Waals surface area contributed by atoms with Crippen LogP contribution in [0.2, 0.25) is 0 Å². The first kappa shape index (κ1) is 21.8. The maximum Gasteiger partial charge on any atom is 0.261 e. The highest BCUT2D eigenvalue weighted by atomic mass is 32.1. The molecule has 2 aromatic heterocycles. The number of carbonyl (C=O) groups excluding carboxylic acids is 3. The van der Waals surface area contributed by atoms with E-state index in [9.17, 15) is 14.4 Å². The molecule has 3 heterocycles. The fraction of sp³-hybridized carbons (Fsp3) is 0.154. The average Bonchev–Trinajstić information content (AvgIpc) is 3.57. The maximum atomic E-state index is 12.8. The number of furan rings is 1. The number of amides is 3. The van der Waals surface area contributed by atoms with Crippen LogP contribution in [0.4, 0.5) is 0 Å². The summed E-state index contributed by atoms with van der Waals surface area (Å²) in [5.41, 5.74) is 4.00. The van der Waals surface area contributed by atoms with Crippen LogP contribution in [0.1, 0.15) is 47.4 Å². The lowest BCUT2D eigenvalue weighted by Crippen LogP contribution is -2.28. The summed E-state index contributed by atoms with van der Waals surface area (Å²) in [5.74, 6) is -0.592. The molecule has 0 saturated heterocycles. The summed E-state index contributed by atoms with van der Waals surface area (Å²) < 4.78 is 5.25. The number of thiazole rings is 1. The molecule has 0 atom stereocenters. The molecule has 0 unspecified atom stereocenters. The largest absolute Gasteiger partial charge is 0.467 e. The number of nitrogens with zero attached hydrogens (tertiary/aromatic N) is 2. The van der Waals surface area contributed by atoms with E-state index in [0.29, 0.717) is 29.9 Å². The van der Waals surface area contributed by atoms with Gasteiger partial charge >= 0.3 is 0 Å². The first-order valence-corrected chi connectivity index (χ1v) is 11.7. The number of imide groups is 1. The Morgan fingerprint density at radius 1 is 1.06 bits per heavy atom. The summed E-state index contributed by atoms with van der Waals surface area (Å²) in [7, 11) is 0. The van der Waals surface area contributed by atoms with Crippen LogP contribution in [-0.4, -0.2) is 34.2 Å². The van der Waals surface area contributed by atoms with E-state index in [1.54, 1.807) is 29.5 Å². The summed E-state index contributed by atoms with van der Waals surface area (Å²) in [4.78, 5) is 43.7. The van der Waals surface area contributed by atoms with Crippen molar-refractivity contribution >= 4 is 29.1 Å². The SMILES string of the molecule is Cc1nc(-c2ccc(CCNC(=O)c3ccc4c(c3)C(=O)N(Cc3ccco3)C4=O)cc2)cs1. The van der Waals surface area contributed by atoms with Crippen molar-refractivity contribution in [1.29, 1.82) is 0 Å². The van der Waals surface area contributed by atoms with Gasteiger partial charge in [0.1, 0.15) is 5.76 Å². The summed E-state index contributed by atoms with van der Waals surface area (Å²) in [6, 6.07) is 16.1. The zero-order chi connectivity index (χ0) is 23.7. The summed E-state index contributed by atoms with van der Waals surface area (Å²) in [5, 5.41) is 5.96. The van der Waals surface area contributed by atoms with Crippen molar-refractivity contribution in [3.05, 3.63) is 99.3 Å². The van der Waals surface area contributed by atoms with Crippen molar-refractivity contribution < 1.29 is 18.8 Å². The summed E-state index contributed by atoms with van der Waals surface area (Å²) in [6.07, 6.45) is 2.16. The second kappa shape index (κ2) is 9.07. The van der Waals surface area contributed by atoms with Crippen LogP contribution < -0.4 is 5.32 Å². The number of nitrogens with one attached hydrogen (secondary N) is 1. The Bertz CT molecular complexity index is 1370. The number of fused-ring (bicyclic) bond motifs is 1. The van der Waals surface area contributed by atoms with E-state index in [1.165, 1.54) is 18.4 Å². The van der Waals surface area contributed by atoms with E-state index in [4.69, 9.17) is 4.42 Å². The van der Waals surface area contributed by atoms with Gasteiger partial charge in [-0.25, -0.2) is 4.98 Å². The van der Waals surface area contributed by atoms with Gasteiger partial charge in [0.05, 0.1) is 34.6 Å². The van der Waals surface area contributed by atoms with Gasteiger partial charge in [0, 0.05) is 23.1 Å². The number of carbonyl (C=O) groups is 3. The molecular formula is C26H21N3O4S. The molecule has 170 valence electrons. The lowest BCUT2D eigenvalue weighted by atomic mass is 10.0. The molecule has 2 aromatic carbocycles. The van der Waals surface area contributed by atoms with Crippen LogP contribution in [0.25, 0.3) is 11.3 Å². The van der Waals surface area contributed by atoms with Crippen LogP contribution in [-0.2, 0) is 13.0 Å². The molecule has 0 bridgehead atoms. The Kier molecular flexibility index (Phi) is 5.81. The molecule has 0 saturated carbocycles. The molecule has 8 heteroatoms. The van der Waals surface area contributed by atoms with Crippen LogP contribution in [0.3, 0.4) is 0 Å². The highest BCUT2D eigenvalue weighted by Crippen LogP contribution is 2.26. The summed E-state index contributed by atoms with van der Waals surface area (Å²) in [6.45, 7) is 2.49. The number of benzene rings is 2. The van der Waals surface area contributed by atoms with E-state index >= 15 is 0 Å². The van der Waals surface area contributed by atoms with Crippen LogP contribution in [0, 0.1) is 6.92 Å². The molecule has 0 spiro atoms. The Balaban J connectivity index is 1.20. The third-order valence-electron chi connectivity index (χ3n) is 5.69. The first-order valence-electron chi connectivity index (χ1n) is 10.8. The van der Waals surface area contributed by atoms with Gasteiger partial charge in [0.25, 0.3) is 17.7 Å². The van der Waals surface area contributed by atoms with Crippen LogP contribution >= 0.6 is 11.3 Å². The second-order valence-corrected chi connectivity index (χ2v) is 9.05. The van der Waals surface area contributed by atoms with Gasteiger partial charge < -0.3 is 9.73 Å². The van der Waals surface area contributed by atoms with Crippen molar-refractivity contribution in [1.82, 2.24) is 15.2 Å². The van der Waals surface area contributed by atoms with Gasteiger partial charge in [-0.2, -0.15) is 0 Å². The zero-order valence-electron chi connectivity index (χ0n) is 18.4. The van der Waals surface area contributed by atoms with Crippen molar-refractivity contribution in [2.45, 2.75) is 19.9 Å². The number of rotatable bonds is 7. The number of aromatic nitrogens is 1. The zero-order valence-corrected chi connectivity index (χ0v) is 19.2. The molecule has 3 amide bonds. The fourth-order valence-corrected chi connectivity index (χ4v) is 4.52. The minimum Gasteiger partial charge on any atom is -0.467 e. The van der Waals surface area contributed by atoms with Gasteiger partial charge in [-0.05, 0) is 49.2 Å². The Hall–Kier alpha value is -4.04. The number of hydrogen-bond donors (Lipinski definition) is 1. The van der Waals surface area contributed by atoms with E-state index in [-0.39, 0.29) is 23.9 Å². The molecule has 0 aliphatic carbocycles. The van der Waals surface area contributed by atoms with Gasteiger partial charge in [0.2, 0.25) is 0 Å². The molecule has 5 rings (SSSR count). The van der Waals surface area contributed by atoms with Gasteiger partial charge in [-0.3, -0.25) is 19.3 Å². The molecule has 34 heavy (non-hydrogen) atoms. The van der Waals surface area contributed by atoms with E-state index in [0.717, 1.165) is 26.7 Å². The predicted molar refractivity (Wildman–Crippen MR) is 128 cm³/mol. The minimum atomic E-state index is -0.429. The van der Waals surface area contributed by atoms with Crippen LogP contribution in [0.5, 0.6) is 0 Å². The topological polar surface area (TPSA) is 92.5 Å². The molecule has 0 radical (unpaired) electrons. The highest BCUT2D eigenvalue weighted by molar-refractivity contribution is 7.09. The first-order chi connectivity index (χ1) is 16.5. The van der Waals surface area contributed by atoms with E-state index in [1.807, 2.05) is 36.6 Å². The van der Waals surface area contributed by atoms with Crippen molar-refractivity contribution in [3.8, 4) is 11.3 Å². The van der Waals surface area contributed by atoms with Gasteiger partial charge in [-0.15, -0.1) is 11.3 Å². The molecule has 1 aliphatic rings. The number of hydrogen-bond acceptors (Lipinski definition) is 6. The highest BCUT2D eigenvalue weighted by Gasteiger charge is 2.36. The average molecular weight is 472 g/mol. The monoisotopic (exact) mass is 471 g/mol. The van der Waals surface area contributed by atoms with Crippen molar-refractivity contribution in [3.63, 3.8) is 0 Å². The molecule has 7 nitrogen and oxygen atoms in total. The quantitative estimate of drug-likeness (QED) is 0.401. The molecule has 1 aliphatic heterocycles. The van der Waals surface area contributed by atoms with Crippen LogP contribution in [0.15, 0.2) is 70.7 Å². The van der Waals surface area contributed by atoms with Gasteiger partial charge in [-0.1, -0.05) is 24.3 Å². The van der Waals surface area contributed by atoms with E-state index < -0.39 is 5.91 Å². The molecule has 4 aromatic rings. The maximum absolute atomic E-state index is 12.8. The Morgan fingerprint density at radius 2 is 1.85 bits per heavy atom. The minimum absolute atomic E-state index is 0.0573. The van der Waals surface area contributed by atoms with Crippen molar-refractivity contribution in [2.75, 3.05) is 6.54 Å². The second-order valence-electron chi connectivity index (χ2n) is 7.99. The van der Waals surface area contributed by atoms with Crippen molar-refractivity contribution in [2.24, 2.45) is 0 Å². The predicted octanol–water partition coefficient (Wildman–Crippen LogP) is 4.48.